The van der Waals surface area contributed by atoms with E-state index in [2.05, 4.69) is 9.47 Å². The van der Waals surface area contributed by atoms with Gasteiger partial charge in [-0.3, -0.25) is 9.47 Å². The number of alkyl halides is 6. The highest BCUT2D eigenvalue weighted by Crippen LogP contribution is 2.49. The number of rotatable bonds is 0. The Morgan fingerprint density at radius 1 is 0.750 bits per heavy atom. The highest BCUT2D eigenvalue weighted by Gasteiger charge is 2.77. The van der Waals surface area contributed by atoms with Crippen molar-refractivity contribution in [2.24, 2.45) is 0 Å². The van der Waals surface area contributed by atoms with Crippen LogP contribution in [0.1, 0.15) is 0 Å². The van der Waals surface area contributed by atoms with Crippen molar-refractivity contribution < 1.29 is 35.8 Å². The van der Waals surface area contributed by atoms with Crippen molar-refractivity contribution >= 4 is 0 Å². The molecule has 0 bridgehead atoms. The van der Waals surface area contributed by atoms with E-state index in [1.54, 1.807) is 0 Å². The van der Waals surface area contributed by atoms with Gasteiger partial charge < -0.3 is 0 Å². The summed E-state index contributed by atoms with van der Waals surface area (Å²) in [5, 5.41) is 0. The van der Waals surface area contributed by atoms with Gasteiger partial charge in [-0.15, -0.1) is 0 Å². The Bertz CT molecular complexity index is 172. The minimum Gasteiger partial charge on any atom is -0.288 e. The van der Waals surface area contributed by atoms with Crippen molar-refractivity contribution in [1.29, 1.82) is 0 Å². The Morgan fingerprint density at radius 3 is 1.33 bits per heavy atom. The van der Waals surface area contributed by atoms with Crippen LogP contribution in [0.5, 0.6) is 0 Å². The summed E-state index contributed by atoms with van der Waals surface area (Å²) in [6, 6.07) is 0. The van der Waals surface area contributed by atoms with Crippen LogP contribution < -0.4 is 0 Å². The second-order valence-corrected chi connectivity index (χ2v) is 2.01. The number of hydrogen-bond acceptors (Lipinski definition) is 2. The lowest BCUT2D eigenvalue weighted by Gasteiger charge is -2.35. The van der Waals surface area contributed by atoms with E-state index in [0.29, 0.717) is 0 Å². The molecule has 12 heavy (non-hydrogen) atoms. The predicted molar refractivity (Wildman–Crippen MR) is 21.9 cm³/mol. The van der Waals surface area contributed by atoms with Crippen molar-refractivity contribution in [2.75, 3.05) is 6.79 Å². The third kappa shape index (κ3) is 1.06. The molecule has 0 radical (unpaired) electrons. The summed E-state index contributed by atoms with van der Waals surface area (Å²) in [7, 11) is 0. The molecule has 0 aromatic carbocycles. The fraction of sp³-hybridized carbons (Fsp3) is 1.00. The van der Waals surface area contributed by atoms with E-state index in [1.807, 2.05) is 0 Å². The van der Waals surface area contributed by atoms with Gasteiger partial charge in [-0.1, -0.05) is 0 Å². The van der Waals surface area contributed by atoms with E-state index >= 15 is 0 Å². The SMILES string of the molecule is FC1(F)OCOC(F)(F)C1(F)F. The Kier molecular flexibility index (Phi) is 1.80. The first kappa shape index (κ1) is 9.59. The van der Waals surface area contributed by atoms with Crippen LogP contribution in [0, 0.1) is 0 Å². The predicted octanol–water partition coefficient (Wildman–Crippen LogP) is 1.81. The second kappa shape index (κ2) is 2.25. The van der Waals surface area contributed by atoms with Gasteiger partial charge in [0, 0.05) is 0 Å². The van der Waals surface area contributed by atoms with Crippen molar-refractivity contribution in [2.45, 2.75) is 18.1 Å². The van der Waals surface area contributed by atoms with Crippen LogP contribution in [0.25, 0.3) is 0 Å². The quantitative estimate of drug-likeness (QED) is 0.550. The molecule has 1 fully saturated rings. The Morgan fingerprint density at radius 2 is 1.08 bits per heavy atom. The van der Waals surface area contributed by atoms with Crippen molar-refractivity contribution in [1.82, 2.24) is 0 Å². The highest BCUT2D eigenvalue weighted by atomic mass is 19.4. The zero-order valence-corrected chi connectivity index (χ0v) is 5.29. The summed E-state index contributed by atoms with van der Waals surface area (Å²) < 4.78 is 77.9. The maximum atomic E-state index is 12.0. The van der Waals surface area contributed by atoms with Crippen LogP contribution in [-0.2, 0) is 9.47 Å². The Hall–Kier alpha value is -0.500. The molecule has 0 aromatic heterocycles. The fourth-order valence-electron chi connectivity index (χ4n) is 0.528. The molecule has 0 amide bonds. The first-order valence-corrected chi connectivity index (χ1v) is 2.62. The third-order valence-corrected chi connectivity index (χ3v) is 1.21. The van der Waals surface area contributed by atoms with E-state index < -0.39 is 24.9 Å². The van der Waals surface area contributed by atoms with Gasteiger partial charge in [-0.05, 0) is 0 Å². The van der Waals surface area contributed by atoms with Gasteiger partial charge in [0.05, 0.1) is 0 Å². The van der Waals surface area contributed by atoms with Crippen LogP contribution in [0.15, 0.2) is 0 Å². The highest BCUT2D eigenvalue weighted by molar-refractivity contribution is 4.87. The number of ether oxygens (including phenoxy) is 2. The second-order valence-electron chi connectivity index (χ2n) is 2.01. The normalized spacial score (nSPS) is 31.5. The van der Waals surface area contributed by atoms with E-state index in [4.69, 9.17) is 0 Å². The minimum absolute atomic E-state index is 1.57. The molecule has 1 aliphatic heterocycles. The van der Waals surface area contributed by atoms with Gasteiger partial charge in [0.1, 0.15) is 0 Å². The topological polar surface area (TPSA) is 18.5 Å². The Balaban J connectivity index is 2.99. The van der Waals surface area contributed by atoms with Crippen LogP contribution in [0.4, 0.5) is 26.3 Å². The largest absolute Gasteiger partial charge is 0.430 e. The summed E-state index contributed by atoms with van der Waals surface area (Å²) in [6.45, 7) is -1.57. The lowest BCUT2D eigenvalue weighted by molar-refractivity contribution is -0.511. The summed E-state index contributed by atoms with van der Waals surface area (Å²) in [4.78, 5) is 0. The average Bonchev–Trinajstić information content (AvgIpc) is 1.83. The van der Waals surface area contributed by atoms with E-state index in [9.17, 15) is 26.3 Å². The van der Waals surface area contributed by atoms with Gasteiger partial charge >= 0.3 is 18.1 Å². The molecule has 1 aliphatic rings. The van der Waals surface area contributed by atoms with Crippen molar-refractivity contribution in [3.8, 4) is 0 Å². The standard InChI is InChI=1S/C4H2F6O2/c5-2(6)3(7,8)11-1-12-4(2,9)10/h1H2. The van der Waals surface area contributed by atoms with Gasteiger partial charge in [0.2, 0.25) is 0 Å². The van der Waals surface area contributed by atoms with Gasteiger partial charge in [0.15, 0.2) is 6.79 Å². The first-order chi connectivity index (χ1) is 5.21. The van der Waals surface area contributed by atoms with Gasteiger partial charge in [0.25, 0.3) is 0 Å². The summed E-state index contributed by atoms with van der Waals surface area (Å²) >= 11 is 0. The van der Waals surface area contributed by atoms with Crippen LogP contribution in [0.2, 0.25) is 0 Å². The molecule has 1 heterocycles. The van der Waals surface area contributed by atoms with Crippen molar-refractivity contribution in [3.05, 3.63) is 0 Å². The molecule has 0 N–H and O–H groups in total. The monoisotopic (exact) mass is 196 g/mol. The molecular formula is C4H2F6O2. The van der Waals surface area contributed by atoms with E-state index in [0.717, 1.165) is 0 Å². The fourth-order valence-corrected chi connectivity index (χ4v) is 0.528. The molecule has 1 rings (SSSR count). The molecule has 0 spiro atoms. The molecule has 0 aliphatic carbocycles. The van der Waals surface area contributed by atoms with Crippen LogP contribution in [-0.4, -0.2) is 24.9 Å². The number of halogens is 6. The number of hydrogen-bond donors (Lipinski definition) is 0. The first-order valence-electron chi connectivity index (χ1n) is 2.62. The summed E-state index contributed by atoms with van der Waals surface area (Å²) in [6.07, 6.45) is -10.4. The van der Waals surface area contributed by atoms with Gasteiger partial charge in [-0.25, -0.2) is 0 Å². The third-order valence-electron chi connectivity index (χ3n) is 1.21. The van der Waals surface area contributed by atoms with Crippen LogP contribution >= 0.6 is 0 Å². The molecule has 0 unspecified atom stereocenters. The lowest BCUT2D eigenvalue weighted by atomic mass is 10.3. The molecule has 1 saturated heterocycles. The van der Waals surface area contributed by atoms with Crippen molar-refractivity contribution in [3.63, 3.8) is 0 Å². The summed E-state index contributed by atoms with van der Waals surface area (Å²) in [5.74, 6) is -5.64. The maximum Gasteiger partial charge on any atom is 0.430 e. The minimum atomic E-state index is -5.64. The molecular weight excluding hydrogens is 194 g/mol. The summed E-state index contributed by atoms with van der Waals surface area (Å²) in [5.41, 5.74) is 0. The lowest BCUT2D eigenvalue weighted by Crippen LogP contribution is -2.60. The van der Waals surface area contributed by atoms with Gasteiger partial charge in [-0.2, -0.15) is 26.3 Å². The van der Waals surface area contributed by atoms with E-state index in [1.165, 1.54) is 0 Å². The zero-order chi connectivity index (χ0) is 9.62. The molecule has 2 nitrogen and oxygen atoms in total. The molecule has 0 atom stereocenters. The molecule has 8 heteroatoms. The maximum absolute atomic E-state index is 12.0. The van der Waals surface area contributed by atoms with Crippen LogP contribution in [0.3, 0.4) is 0 Å². The Labute approximate surface area is 62.0 Å². The smallest absolute Gasteiger partial charge is 0.288 e. The average molecular weight is 196 g/mol. The molecule has 0 aromatic rings. The zero-order valence-electron chi connectivity index (χ0n) is 5.29. The molecule has 0 saturated carbocycles. The van der Waals surface area contributed by atoms with E-state index in [-0.39, 0.29) is 0 Å². The molecule has 72 valence electrons.